The third kappa shape index (κ3) is 5.23. The molecular formula is C21H32O7. The summed E-state index contributed by atoms with van der Waals surface area (Å²) in [6.45, 7) is 8.55. The summed E-state index contributed by atoms with van der Waals surface area (Å²) < 4.78 is 29.1. The molecule has 0 spiro atoms. The van der Waals surface area contributed by atoms with Crippen LogP contribution in [0.1, 0.15) is 39.7 Å². The van der Waals surface area contributed by atoms with Crippen LogP contribution in [-0.2, 0) is 25.6 Å². The summed E-state index contributed by atoms with van der Waals surface area (Å²) in [5, 5.41) is 19.4. The van der Waals surface area contributed by atoms with Gasteiger partial charge in [-0.3, -0.25) is 0 Å². The lowest BCUT2D eigenvalue weighted by atomic mass is 10.1. The van der Waals surface area contributed by atoms with Gasteiger partial charge < -0.3 is 33.9 Å². The van der Waals surface area contributed by atoms with Crippen LogP contribution in [0.2, 0.25) is 0 Å². The third-order valence-electron chi connectivity index (χ3n) is 4.92. The van der Waals surface area contributed by atoms with Gasteiger partial charge >= 0.3 is 0 Å². The van der Waals surface area contributed by atoms with Crippen molar-refractivity contribution in [3.05, 3.63) is 29.8 Å². The van der Waals surface area contributed by atoms with Gasteiger partial charge in [0.1, 0.15) is 30.2 Å². The summed E-state index contributed by atoms with van der Waals surface area (Å²) in [7, 11) is 0. The zero-order valence-corrected chi connectivity index (χ0v) is 17.0. The molecule has 0 aliphatic carbocycles. The van der Waals surface area contributed by atoms with E-state index in [4.69, 9.17) is 23.7 Å². The molecule has 0 saturated carbocycles. The lowest BCUT2D eigenvalue weighted by Crippen LogP contribution is -2.44. The first kappa shape index (κ1) is 21.5. The molecule has 2 aliphatic rings. The van der Waals surface area contributed by atoms with Crippen LogP contribution in [0.4, 0.5) is 0 Å². The smallest absolute Gasteiger partial charge is 0.190 e. The zero-order chi connectivity index (χ0) is 20.3. The van der Waals surface area contributed by atoms with Gasteiger partial charge in [0.25, 0.3) is 0 Å². The van der Waals surface area contributed by atoms with Crippen molar-refractivity contribution in [3.8, 4) is 5.75 Å². The number of rotatable bonds is 9. The Morgan fingerprint density at radius 2 is 1.86 bits per heavy atom. The molecule has 0 bridgehead atoms. The fourth-order valence-electron chi connectivity index (χ4n) is 3.39. The number of fused-ring (bicyclic) bond motifs is 1. The largest absolute Gasteiger partial charge is 0.494 e. The van der Waals surface area contributed by atoms with E-state index in [0.29, 0.717) is 19.1 Å². The van der Waals surface area contributed by atoms with E-state index in [-0.39, 0.29) is 0 Å². The molecule has 0 aromatic heterocycles. The van der Waals surface area contributed by atoms with Crippen molar-refractivity contribution in [1.29, 1.82) is 0 Å². The minimum Gasteiger partial charge on any atom is -0.494 e. The van der Waals surface area contributed by atoms with Gasteiger partial charge in [-0.25, -0.2) is 0 Å². The van der Waals surface area contributed by atoms with Gasteiger partial charge in [0.15, 0.2) is 12.1 Å². The summed E-state index contributed by atoms with van der Waals surface area (Å²) in [6, 6.07) is 7.74. The monoisotopic (exact) mass is 396 g/mol. The molecule has 0 unspecified atom stereocenters. The Labute approximate surface area is 166 Å². The number of ether oxygens (including phenoxy) is 5. The minimum atomic E-state index is -1.07. The molecule has 0 radical (unpaired) electrons. The predicted octanol–water partition coefficient (Wildman–Crippen LogP) is 2.23. The summed E-state index contributed by atoms with van der Waals surface area (Å²) >= 11 is 0. The number of aliphatic hydroxyl groups is 2. The van der Waals surface area contributed by atoms with E-state index in [1.165, 1.54) is 0 Å². The maximum Gasteiger partial charge on any atom is 0.190 e. The Morgan fingerprint density at radius 1 is 1.14 bits per heavy atom. The van der Waals surface area contributed by atoms with E-state index in [1.807, 2.05) is 24.3 Å². The maximum absolute atomic E-state index is 10.1. The standard InChI is InChI=1S/C21H32O7/c1-13(2)9-10-24-15-7-5-14(6-8-15)12-25-18-17(16(23)11-22)26-20-19(18)27-21(3,4)28-20/h5-8,13,16-20,22-23H,9-12H2,1-4H3/t16-,17-,18+,19-,20+/m1/s1. The second kappa shape index (κ2) is 9.07. The van der Waals surface area contributed by atoms with Gasteiger partial charge in [-0.05, 0) is 43.9 Å². The van der Waals surface area contributed by atoms with Crippen LogP contribution >= 0.6 is 0 Å². The highest BCUT2D eigenvalue weighted by molar-refractivity contribution is 5.26. The molecule has 28 heavy (non-hydrogen) atoms. The normalized spacial score (nSPS) is 29.8. The van der Waals surface area contributed by atoms with Gasteiger partial charge in [0.2, 0.25) is 0 Å². The highest BCUT2D eigenvalue weighted by Gasteiger charge is 2.56. The van der Waals surface area contributed by atoms with Crippen molar-refractivity contribution < 1.29 is 33.9 Å². The van der Waals surface area contributed by atoms with Gasteiger partial charge in [0.05, 0.1) is 19.8 Å². The van der Waals surface area contributed by atoms with Crippen LogP contribution in [0.25, 0.3) is 0 Å². The second-order valence-corrected chi connectivity index (χ2v) is 8.27. The van der Waals surface area contributed by atoms with Crippen LogP contribution in [0.15, 0.2) is 24.3 Å². The molecular weight excluding hydrogens is 364 g/mol. The van der Waals surface area contributed by atoms with Crippen molar-refractivity contribution in [1.82, 2.24) is 0 Å². The molecule has 2 saturated heterocycles. The second-order valence-electron chi connectivity index (χ2n) is 8.27. The Kier molecular flexibility index (Phi) is 6.96. The Balaban J connectivity index is 1.58. The molecule has 7 nitrogen and oxygen atoms in total. The van der Waals surface area contributed by atoms with Crippen molar-refractivity contribution in [2.45, 2.75) is 77.2 Å². The SMILES string of the molecule is CC(C)CCOc1ccc(CO[C@@H]2[C@H]3OC(C)(C)O[C@@H]3O[C@@H]2[C@H](O)CO)cc1. The number of hydrogen-bond acceptors (Lipinski definition) is 7. The number of benzene rings is 1. The fraction of sp³-hybridized carbons (Fsp3) is 0.714. The van der Waals surface area contributed by atoms with E-state index < -0.39 is 43.1 Å². The average Bonchev–Trinajstić information content (AvgIpc) is 3.12. The fourth-order valence-corrected chi connectivity index (χ4v) is 3.39. The van der Waals surface area contributed by atoms with Crippen molar-refractivity contribution in [2.75, 3.05) is 13.2 Å². The number of aliphatic hydroxyl groups excluding tert-OH is 2. The van der Waals surface area contributed by atoms with Crippen LogP contribution in [-0.4, -0.2) is 59.9 Å². The lowest BCUT2D eigenvalue weighted by molar-refractivity contribution is -0.232. The predicted molar refractivity (Wildman–Crippen MR) is 102 cm³/mol. The molecule has 7 heteroatoms. The summed E-state index contributed by atoms with van der Waals surface area (Å²) in [4.78, 5) is 0. The van der Waals surface area contributed by atoms with E-state index in [9.17, 15) is 10.2 Å². The van der Waals surface area contributed by atoms with E-state index in [0.717, 1.165) is 17.7 Å². The van der Waals surface area contributed by atoms with Gasteiger partial charge in [-0.2, -0.15) is 0 Å². The molecule has 0 amide bonds. The molecule has 3 rings (SSSR count). The summed E-state index contributed by atoms with van der Waals surface area (Å²) in [6.07, 6.45) is -2.39. The van der Waals surface area contributed by atoms with Gasteiger partial charge in [-0.1, -0.05) is 26.0 Å². The van der Waals surface area contributed by atoms with Gasteiger partial charge in [0, 0.05) is 0 Å². The molecule has 1 aromatic rings. The summed E-state index contributed by atoms with van der Waals surface area (Å²) in [5.41, 5.74) is 0.968. The lowest BCUT2D eigenvalue weighted by Gasteiger charge is -2.28. The first-order chi connectivity index (χ1) is 13.3. The maximum atomic E-state index is 10.1. The van der Waals surface area contributed by atoms with Crippen molar-refractivity contribution in [2.24, 2.45) is 5.92 Å². The first-order valence-corrected chi connectivity index (χ1v) is 9.92. The Bertz CT molecular complexity index is 616. The van der Waals surface area contributed by atoms with E-state index in [2.05, 4.69) is 13.8 Å². The molecule has 2 fully saturated rings. The van der Waals surface area contributed by atoms with Crippen LogP contribution < -0.4 is 4.74 Å². The molecule has 158 valence electrons. The molecule has 2 N–H and O–H groups in total. The topological polar surface area (TPSA) is 86.6 Å². The highest BCUT2D eigenvalue weighted by Crippen LogP contribution is 2.39. The molecule has 2 aliphatic heterocycles. The quantitative estimate of drug-likeness (QED) is 0.662. The van der Waals surface area contributed by atoms with E-state index in [1.54, 1.807) is 13.8 Å². The van der Waals surface area contributed by atoms with E-state index >= 15 is 0 Å². The van der Waals surface area contributed by atoms with Gasteiger partial charge in [-0.15, -0.1) is 0 Å². The van der Waals surface area contributed by atoms with Crippen molar-refractivity contribution >= 4 is 0 Å². The Morgan fingerprint density at radius 3 is 2.50 bits per heavy atom. The molecule has 2 heterocycles. The van der Waals surface area contributed by atoms with Crippen LogP contribution in [0, 0.1) is 5.92 Å². The Hall–Kier alpha value is -1.22. The molecule has 5 atom stereocenters. The summed E-state index contributed by atoms with van der Waals surface area (Å²) in [5.74, 6) is 0.664. The average molecular weight is 396 g/mol. The minimum absolute atomic E-state index is 0.321. The van der Waals surface area contributed by atoms with Crippen LogP contribution in [0.3, 0.4) is 0 Å². The number of hydrogen-bond donors (Lipinski definition) is 2. The van der Waals surface area contributed by atoms with Crippen LogP contribution in [0.5, 0.6) is 5.75 Å². The van der Waals surface area contributed by atoms with Crippen molar-refractivity contribution in [3.63, 3.8) is 0 Å². The molecule has 1 aromatic carbocycles. The third-order valence-corrected chi connectivity index (χ3v) is 4.92. The zero-order valence-electron chi connectivity index (χ0n) is 17.0. The first-order valence-electron chi connectivity index (χ1n) is 9.92. The highest BCUT2D eigenvalue weighted by atomic mass is 16.8.